The maximum absolute atomic E-state index is 11.8. The molecule has 4 rings (SSSR count). The van der Waals surface area contributed by atoms with Crippen LogP contribution in [0.25, 0.3) is 10.9 Å². The fourth-order valence-corrected chi connectivity index (χ4v) is 3.84. The zero-order valence-electron chi connectivity index (χ0n) is 13.2. The lowest BCUT2D eigenvalue weighted by Gasteiger charge is -2.09. The summed E-state index contributed by atoms with van der Waals surface area (Å²) in [6.45, 7) is 0.699. The second-order valence-corrected chi connectivity index (χ2v) is 6.88. The number of nitrogens with zero attached hydrogens (tertiary/aromatic N) is 2. The summed E-state index contributed by atoms with van der Waals surface area (Å²) in [5, 5.41) is 2.85. The summed E-state index contributed by atoms with van der Waals surface area (Å²) in [5.41, 5.74) is 3.18. The molecule has 1 N–H and O–H groups in total. The molecule has 1 saturated heterocycles. The number of amides is 2. The number of aromatic nitrogens is 2. The van der Waals surface area contributed by atoms with Crippen LogP contribution in [0.2, 0.25) is 0 Å². The minimum atomic E-state index is -0.345. The standard InChI is InChI=1S/C18H15N3O2S.ClH/c22-17-16(24-18(23)20-17)10-12-4-3-6-15-14(12)7-9-21(15)11-13-5-1-2-8-19-13;/h1-9,16H,10-11H2,(H,20,22,23);1H. The first kappa shape index (κ1) is 17.5. The molecule has 128 valence electrons. The molecule has 25 heavy (non-hydrogen) atoms. The second-order valence-electron chi connectivity index (χ2n) is 5.70. The van der Waals surface area contributed by atoms with E-state index in [0.717, 1.165) is 33.9 Å². The smallest absolute Gasteiger partial charge is 0.286 e. The highest BCUT2D eigenvalue weighted by atomic mass is 35.5. The molecule has 3 heterocycles. The molecule has 0 spiro atoms. The molecule has 1 fully saturated rings. The summed E-state index contributed by atoms with van der Waals surface area (Å²) in [4.78, 5) is 27.5. The number of rotatable bonds is 4. The number of benzene rings is 1. The van der Waals surface area contributed by atoms with E-state index < -0.39 is 0 Å². The number of hydrogen-bond acceptors (Lipinski definition) is 4. The van der Waals surface area contributed by atoms with Crippen molar-refractivity contribution in [2.24, 2.45) is 0 Å². The Labute approximate surface area is 155 Å². The summed E-state index contributed by atoms with van der Waals surface area (Å²) in [5.74, 6) is -0.199. The summed E-state index contributed by atoms with van der Waals surface area (Å²) >= 11 is 1.07. The SMILES string of the molecule is Cl.O=C1NC(=O)C(Cc2cccc3c2ccn3Cc2ccccn2)S1. The van der Waals surface area contributed by atoms with Gasteiger partial charge in [0.2, 0.25) is 5.91 Å². The van der Waals surface area contributed by atoms with E-state index in [1.165, 1.54) is 0 Å². The van der Waals surface area contributed by atoms with Crippen molar-refractivity contribution in [1.29, 1.82) is 0 Å². The molecule has 0 saturated carbocycles. The third kappa shape index (κ3) is 3.55. The van der Waals surface area contributed by atoms with Crippen molar-refractivity contribution in [2.45, 2.75) is 18.2 Å². The number of hydrogen-bond donors (Lipinski definition) is 1. The zero-order chi connectivity index (χ0) is 16.5. The highest BCUT2D eigenvalue weighted by Gasteiger charge is 2.31. The van der Waals surface area contributed by atoms with Gasteiger partial charge in [-0.1, -0.05) is 30.0 Å². The Balaban J connectivity index is 0.00000182. The summed E-state index contributed by atoms with van der Waals surface area (Å²) in [6, 6.07) is 14.0. The molecule has 1 aliphatic rings. The lowest BCUT2D eigenvalue weighted by molar-refractivity contribution is -0.118. The van der Waals surface area contributed by atoms with Crippen molar-refractivity contribution < 1.29 is 9.59 Å². The first-order valence-corrected chi connectivity index (χ1v) is 8.57. The Morgan fingerprint density at radius 3 is 2.72 bits per heavy atom. The quantitative estimate of drug-likeness (QED) is 0.761. The maximum atomic E-state index is 11.8. The molecule has 5 nitrogen and oxygen atoms in total. The van der Waals surface area contributed by atoms with Crippen LogP contribution in [0.15, 0.2) is 54.9 Å². The third-order valence-corrected chi connectivity index (χ3v) is 5.12. The van der Waals surface area contributed by atoms with Gasteiger partial charge in [-0.05, 0) is 36.2 Å². The molecule has 0 bridgehead atoms. The number of carbonyl (C=O) groups is 2. The lowest BCUT2D eigenvalue weighted by atomic mass is 10.0. The van der Waals surface area contributed by atoms with Crippen molar-refractivity contribution in [1.82, 2.24) is 14.9 Å². The fourth-order valence-electron chi connectivity index (χ4n) is 3.00. The number of fused-ring (bicyclic) bond motifs is 1. The average Bonchev–Trinajstić information content (AvgIpc) is 3.13. The molecule has 1 aromatic carbocycles. The van der Waals surface area contributed by atoms with E-state index in [-0.39, 0.29) is 28.8 Å². The molecular formula is C18H16ClN3O2S. The molecular weight excluding hydrogens is 358 g/mol. The Kier molecular flexibility index (Phi) is 5.11. The maximum Gasteiger partial charge on any atom is 0.286 e. The van der Waals surface area contributed by atoms with Crippen LogP contribution in [0.5, 0.6) is 0 Å². The van der Waals surface area contributed by atoms with Crippen LogP contribution in [-0.2, 0) is 17.8 Å². The van der Waals surface area contributed by atoms with Gasteiger partial charge in [0.1, 0.15) is 0 Å². The third-order valence-electron chi connectivity index (χ3n) is 4.13. The molecule has 3 aromatic rings. The van der Waals surface area contributed by atoms with E-state index in [2.05, 4.69) is 27.0 Å². The van der Waals surface area contributed by atoms with Crippen molar-refractivity contribution in [3.8, 4) is 0 Å². The predicted octanol–water partition coefficient (Wildman–Crippen LogP) is 3.40. The molecule has 1 unspecified atom stereocenters. The van der Waals surface area contributed by atoms with Crippen molar-refractivity contribution in [3.05, 3.63) is 66.1 Å². The molecule has 2 aromatic heterocycles. The van der Waals surface area contributed by atoms with Gasteiger partial charge in [0.15, 0.2) is 0 Å². The van der Waals surface area contributed by atoms with Crippen LogP contribution >= 0.6 is 24.2 Å². The van der Waals surface area contributed by atoms with Gasteiger partial charge in [-0.25, -0.2) is 0 Å². The molecule has 7 heteroatoms. The molecule has 2 amide bonds. The Morgan fingerprint density at radius 1 is 1.12 bits per heavy atom. The first-order valence-electron chi connectivity index (χ1n) is 7.69. The van der Waals surface area contributed by atoms with Gasteiger partial charge < -0.3 is 4.57 Å². The van der Waals surface area contributed by atoms with E-state index >= 15 is 0 Å². The van der Waals surface area contributed by atoms with Crippen molar-refractivity contribution in [2.75, 3.05) is 0 Å². The van der Waals surface area contributed by atoms with E-state index in [0.29, 0.717) is 13.0 Å². The summed E-state index contributed by atoms with van der Waals surface area (Å²) in [6.07, 6.45) is 4.38. The van der Waals surface area contributed by atoms with Crippen LogP contribution < -0.4 is 5.32 Å². The molecule has 0 radical (unpaired) electrons. The molecule has 1 aliphatic heterocycles. The van der Waals surface area contributed by atoms with Crippen LogP contribution in [0.1, 0.15) is 11.3 Å². The minimum Gasteiger partial charge on any atom is -0.341 e. The topological polar surface area (TPSA) is 64.0 Å². The van der Waals surface area contributed by atoms with E-state index in [1.807, 2.05) is 36.5 Å². The van der Waals surface area contributed by atoms with Gasteiger partial charge >= 0.3 is 0 Å². The number of thioether (sulfide) groups is 1. The van der Waals surface area contributed by atoms with Crippen molar-refractivity contribution >= 4 is 46.2 Å². The predicted molar refractivity (Wildman–Crippen MR) is 101 cm³/mol. The number of nitrogens with one attached hydrogen (secondary N) is 1. The Morgan fingerprint density at radius 2 is 2.00 bits per heavy atom. The van der Waals surface area contributed by atoms with Crippen LogP contribution in [0.3, 0.4) is 0 Å². The monoisotopic (exact) mass is 373 g/mol. The molecule has 0 aliphatic carbocycles. The Hall–Kier alpha value is -2.31. The van der Waals surface area contributed by atoms with E-state index in [9.17, 15) is 9.59 Å². The fraction of sp³-hybridized carbons (Fsp3) is 0.167. The van der Waals surface area contributed by atoms with Gasteiger partial charge in [-0.15, -0.1) is 12.4 Å². The number of pyridine rings is 1. The Bertz CT molecular complexity index is 926. The highest BCUT2D eigenvalue weighted by molar-refractivity contribution is 8.15. The average molecular weight is 374 g/mol. The minimum absolute atomic E-state index is 0. The highest BCUT2D eigenvalue weighted by Crippen LogP contribution is 2.27. The second kappa shape index (κ2) is 7.29. The van der Waals surface area contributed by atoms with Gasteiger partial charge in [0.25, 0.3) is 5.24 Å². The van der Waals surface area contributed by atoms with E-state index in [4.69, 9.17) is 0 Å². The van der Waals surface area contributed by atoms with Crippen LogP contribution in [0, 0.1) is 0 Å². The number of carbonyl (C=O) groups excluding carboxylic acids is 2. The summed E-state index contributed by atoms with van der Waals surface area (Å²) < 4.78 is 2.15. The zero-order valence-corrected chi connectivity index (χ0v) is 14.8. The van der Waals surface area contributed by atoms with Gasteiger partial charge in [0.05, 0.1) is 17.5 Å². The van der Waals surface area contributed by atoms with Crippen LogP contribution in [0.4, 0.5) is 4.79 Å². The number of imide groups is 1. The summed E-state index contributed by atoms with van der Waals surface area (Å²) in [7, 11) is 0. The van der Waals surface area contributed by atoms with Gasteiger partial charge in [-0.2, -0.15) is 0 Å². The van der Waals surface area contributed by atoms with Crippen molar-refractivity contribution in [3.63, 3.8) is 0 Å². The number of halogens is 1. The van der Waals surface area contributed by atoms with Gasteiger partial charge in [-0.3, -0.25) is 19.9 Å². The van der Waals surface area contributed by atoms with E-state index in [1.54, 1.807) is 6.20 Å². The molecule has 1 atom stereocenters. The van der Waals surface area contributed by atoms with Gasteiger partial charge in [0, 0.05) is 23.3 Å². The normalized spacial score (nSPS) is 16.7. The first-order chi connectivity index (χ1) is 11.7. The van der Waals surface area contributed by atoms with Crippen LogP contribution in [-0.4, -0.2) is 25.9 Å². The lowest BCUT2D eigenvalue weighted by Crippen LogP contribution is -2.25. The largest absolute Gasteiger partial charge is 0.341 e.